The Bertz CT molecular complexity index is 1060. The Balaban J connectivity index is 2.49. The first kappa shape index (κ1) is 30.9. The lowest BCUT2D eigenvalue weighted by atomic mass is 9.94. The SMILES string of the molecule is CCCN(C(=O)C(NC(=O)OC(C)(C)C)C(C)CC)C(C(=O)NCc1ccccc1)c1cc(C)cc(C)c1. The Morgan fingerprint density at radius 1 is 0.974 bits per heavy atom. The molecule has 2 aromatic carbocycles. The van der Waals surface area contributed by atoms with Crippen LogP contribution in [0.25, 0.3) is 0 Å². The lowest BCUT2D eigenvalue weighted by molar-refractivity contribution is -0.143. The number of hydrogen-bond acceptors (Lipinski definition) is 4. The van der Waals surface area contributed by atoms with Gasteiger partial charge in [-0.3, -0.25) is 9.59 Å². The molecule has 0 spiro atoms. The molecule has 2 N–H and O–H groups in total. The van der Waals surface area contributed by atoms with Gasteiger partial charge in [0.1, 0.15) is 17.7 Å². The summed E-state index contributed by atoms with van der Waals surface area (Å²) in [5, 5.41) is 5.84. The number of amides is 3. The van der Waals surface area contributed by atoms with Crippen LogP contribution in [0.5, 0.6) is 0 Å². The molecule has 0 bridgehead atoms. The molecule has 7 nitrogen and oxygen atoms in total. The number of ether oxygens (including phenoxy) is 1. The van der Waals surface area contributed by atoms with Crippen molar-refractivity contribution in [2.75, 3.05) is 6.54 Å². The zero-order valence-corrected chi connectivity index (χ0v) is 24.3. The van der Waals surface area contributed by atoms with Gasteiger partial charge in [-0.25, -0.2) is 4.79 Å². The molecule has 0 aliphatic heterocycles. The maximum atomic E-state index is 14.2. The van der Waals surface area contributed by atoms with Crippen molar-refractivity contribution < 1.29 is 19.1 Å². The van der Waals surface area contributed by atoms with Gasteiger partial charge < -0.3 is 20.3 Å². The van der Waals surface area contributed by atoms with Crippen molar-refractivity contribution in [2.45, 2.75) is 92.5 Å². The van der Waals surface area contributed by atoms with Crippen molar-refractivity contribution in [3.8, 4) is 0 Å². The van der Waals surface area contributed by atoms with Crippen molar-refractivity contribution >= 4 is 17.9 Å². The highest BCUT2D eigenvalue weighted by Crippen LogP contribution is 2.27. The van der Waals surface area contributed by atoms with Crippen molar-refractivity contribution in [2.24, 2.45) is 5.92 Å². The van der Waals surface area contributed by atoms with E-state index in [4.69, 9.17) is 4.74 Å². The number of aryl methyl sites for hydroxylation is 2. The van der Waals surface area contributed by atoms with Crippen LogP contribution in [0.3, 0.4) is 0 Å². The largest absolute Gasteiger partial charge is 0.444 e. The van der Waals surface area contributed by atoms with E-state index in [9.17, 15) is 14.4 Å². The van der Waals surface area contributed by atoms with Gasteiger partial charge in [0, 0.05) is 13.1 Å². The van der Waals surface area contributed by atoms with Crippen LogP contribution in [0.4, 0.5) is 4.79 Å². The van der Waals surface area contributed by atoms with E-state index in [-0.39, 0.29) is 17.7 Å². The minimum absolute atomic E-state index is 0.165. The minimum Gasteiger partial charge on any atom is -0.444 e. The minimum atomic E-state index is -0.850. The number of nitrogens with one attached hydrogen (secondary N) is 2. The first-order chi connectivity index (χ1) is 17.9. The van der Waals surface area contributed by atoms with Crippen LogP contribution in [-0.2, 0) is 20.9 Å². The van der Waals surface area contributed by atoms with E-state index in [1.54, 1.807) is 25.7 Å². The molecule has 3 atom stereocenters. The summed E-state index contributed by atoms with van der Waals surface area (Å²) in [5.74, 6) is -0.728. The Labute approximate surface area is 228 Å². The summed E-state index contributed by atoms with van der Waals surface area (Å²) < 4.78 is 5.46. The fourth-order valence-electron chi connectivity index (χ4n) is 4.43. The molecular formula is C31H45N3O4. The highest BCUT2D eigenvalue weighted by atomic mass is 16.6. The Morgan fingerprint density at radius 3 is 2.11 bits per heavy atom. The molecule has 38 heavy (non-hydrogen) atoms. The summed E-state index contributed by atoms with van der Waals surface area (Å²) >= 11 is 0. The molecule has 0 aliphatic carbocycles. The Hall–Kier alpha value is -3.35. The first-order valence-electron chi connectivity index (χ1n) is 13.6. The zero-order valence-electron chi connectivity index (χ0n) is 24.3. The van der Waals surface area contributed by atoms with Crippen LogP contribution in [0, 0.1) is 19.8 Å². The van der Waals surface area contributed by atoms with E-state index in [1.165, 1.54) is 0 Å². The number of benzene rings is 2. The molecule has 3 unspecified atom stereocenters. The van der Waals surface area contributed by atoms with Crippen LogP contribution in [0.2, 0.25) is 0 Å². The second kappa shape index (κ2) is 14.0. The van der Waals surface area contributed by atoms with Gasteiger partial charge in [-0.1, -0.05) is 86.8 Å². The van der Waals surface area contributed by atoms with Crippen molar-refractivity contribution in [1.29, 1.82) is 0 Å². The third-order valence-electron chi connectivity index (χ3n) is 6.33. The second-order valence-electron chi connectivity index (χ2n) is 11.1. The summed E-state index contributed by atoms with van der Waals surface area (Å²) in [4.78, 5) is 42.3. The third kappa shape index (κ3) is 9.19. The average molecular weight is 524 g/mol. The molecule has 0 heterocycles. The van der Waals surface area contributed by atoms with E-state index in [2.05, 4.69) is 10.6 Å². The number of hydrogen-bond donors (Lipinski definition) is 2. The second-order valence-corrected chi connectivity index (χ2v) is 11.1. The molecule has 0 aromatic heterocycles. The van der Waals surface area contributed by atoms with E-state index in [1.807, 2.05) is 83.1 Å². The van der Waals surface area contributed by atoms with Gasteiger partial charge in [-0.2, -0.15) is 0 Å². The quantitative estimate of drug-likeness (QED) is 0.387. The Kier molecular flexibility index (Phi) is 11.4. The summed E-state index contributed by atoms with van der Waals surface area (Å²) in [6.07, 6.45) is 0.670. The molecule has 0 aliphatic rings. The Morgan fingerprint density at radius 2 is 1.58 bits per heavy atom. The third-order valence-corrected chi connectivity index (χ3v) is 6.33. The highest BCUT2D eigenvalue weighted by Gasteiger charge is 2.37. The number of carbonyl (C=O) groups excluding carboxylic acids is 3. The number of rotatable bonds is 11. The van der Waals surface area contributed by atoms with Crippen molar-refractivity contribution in [3.63, 3.8) is 0 Å². The van der Waals surface area contributed by atoms with Gasteiger partial charge in [-0.15, -0.1) is 0 Å². The molecule has 0 fully saturated rings. The molecule has 0 saturated heterocycles. The van der Waals surface area contributed by atoms with Gasteiger partial charge in [0.05, 0.1) is 0 Å². The molecule has 2 aromatic rings. The fraction of sp³-hybridized carbons (Fsp3) is 0.516. The van der Waals surface area contributed by atoms with Crippen molar-refractivity contribution in [1.82, 2.24) is 15.5 Å². The van der Waals surface area contributed by atoms with Crippen LogP contribution in [0.1, 0.15) is 82.7 Å². The van der Waals surface area contributed by atoms with Gasteiger partial charge in [0.15, 0.2) is 0 Å². The van der Waals surface area contributed by atoms with Gasteiger partial charge in [0.2, 0.25) is 11.8 Å². The lowest BCUT2D eigenvalue weighted by Crippen LogP contribution is -2.55. The molecule has 208 valence electrons. The number of nitrogens with zero attached hydrogens (tertiary/aromatic N) is 1. The summed E-state index contributed by atoms with van der Waals surface area (Å²) in [7, 11) is 0. The molecule has 3 amide bonds. The monoisotopic (exact) mass is 523 g/mol. The van der Waals surface area contributed by atoms with Crippen LogP contribution in [0.15, 0.2) is 48.5 Å². The van der Waals surface area contributed by atoms with Crippen LogP contribution in [-0.4, -0.2) is 41.0 Å². The lowest BCUT2D eigenvalue weighted by Gasteiger charge is -2.36. The first-order valence-corrected chi connectivity index (χ1v) is 13.6. The molecule has 0 saturated carbocycles. The molecular weight excluding hydrogens is 478 g/mol. The number of alkyl carbamates (subject to hydrolysis) is 1. The normalized spacial score (nSPS) is 13.7. The van der Waals surface area contributed by atoms with Crippen LogP contribution < -0.4 is 10.6 Å². The molecule has 2 rings (SSSR count). The topological polar surface area (TPSA) is 87.7 Å². The van der Waals surface area contributed by atoms with Crippen molar-refractivity contribution in [3.05, 3.63) is 70.8 Å². The van der Waals surface area contributed by atoms with Gasteiger partial charge >= 0.3 is 6.09 Å². The van der Waals surface area contributed by atoms with Crippen LogP contribution >= 0.6 is 0 Å². The molecule has 7 heteroatoms. The molecule has 0 radical (unpaired) electrons. The summed E-state index contributed by atoms with van der Waals surface area (Å²) in [6.45, 7) is 15.9. The van der Waals surface area contributed by atoms with E-state index >= 15 is 0 Å². The average Bonchev–Trinajstić information content (AvgIpc) is 2.84. The maximum absolute atomic E-state index is 14.2. The highest BCUT2D eigenvalue weighted by molar-refractivity contribution is 5.92. The zero-order chi connectivity index (χ0) is 28.5. The summed E-state index contributed by atoms with van der Waals surface area (Å²) in [6, 6.07) is 13.9. The van der Waals surface area contributed by atoms with Gasteiger partial charge in [0.25, 0.3) is 0 Å². The smallest absolute Gasteiger partial charge is 0.408 e. The van der Waals surface area contributed by atoms with Gasteiger partial charge in [-0.05, 0) is 58.1 Å². The maximum Gasteiger partial charge on any atom is 0.408 e. The summed E-state index contributed by atoms with van der Waals surface area (Å²) in [5.41, 5.74) is 3.03. The van der Waals surface area contributed by atoms with E-state index in [0.29, 0.717) is 25.9 Å². The van der Waals surface area contributed by atoms with E-state index in [0.717, 1.165) is 22.3 Å². The predicted molar refractivity (Wildman–Crippen MR) is 152 cm³/mol. The number of carbonyl (C=O) groups is 3. The predicted octanol–water partition coefficient (Wildman–Crippen LogP) is 5.84. The fourth-order valence-corrected chi connectivity index (χ4v) is 4.43. The van der Waals surface area contributed by atoms with E-state index < -0.39 is 23.8 Å². The standard InChI is InChI=1S/C31H45N3O4/c1-9-16-34(29(36)26(23(5)10-2)33-30(37)38-31(6,7)8)27(25-18-21(3)17-22(4)19-25)28(35)32-20-24-14-12-11-13-15-24/h11-15,17-19,23,26-27H,9-10,16,20H2,1-8H3,(H,32,35)(H,33,37).